The molecule has 30 heavy (non-hydrogen) atoms. The van der Waals surface area contributed by atoms with Gasteiger partial charge in [-0.25, -0.2) is 9.59 Å². The summed E-state index contributed by atoms with van der Waals surface area (Å²) >= 11 is 0. The van der Waals surface area contributed by atoms with Crippen LogP contribution in [0.3, 0.4) is 0 Å². The first-order chi connectivity index (χ1) is 14.1. The molecule has 7 heteroatoms. The first kappa shape index (κ1) is 22.9. The number of hydrogen-bond donors (Lipinski definition) is 2. The number of alkyl carbamates (subject to hydrolysis) is 1. The van der Waals surface area contributed by atoms with Crippen molar-refractivity contribution in [1.29, 1.82) is 0 Å². The van der Waals surface area contributed by atoms with Crippen molar-refractivity contribution >= 4 is 28.8 Å². The normalized spacial score (nSPS) is 13.2. The molecule has 2 atom stereocenters. The van der Waals surface area contributed by atoms with E-state index in [1.54, 1.807) is 26.8 Å². The van der Waals surface area contributed by atoms with Gasteiger partial charge in [-0.1, -0.05) is 55.1 Å². The Kier molecular flexibility index (Phi) is 7.58. The summed E-state index contributed by atoms with van der Waals surface area (Å²) in [6, 6.07) is 11.8. The minimum absolute atomic E-state index is 0.0197. The number of carbonyl (C=O) groups is 3. The Morgan fingerprint density at radius 3 is 2.40 bits per heavy atom. The van der Waals surface area contributed by atoms with E-state index in [1.165, 1.54) is 6.08 Å². The molecule has 0 saturated heterocycles. The third kappa shape index (κ3) is 6.62. The third-order valence-corrected chi connectivity index (χ3v) is 4.26. The van der Waals surface area contributed by atoms with Crippen LogP contribution in [0, 0.1) is 5.92 Å². The van der Waals surface area contributed by atoms with Gasteiger partial charge < -0.3 is 19.9 Å². The van der Waals surface area contributed by atoms with E-state index in [-0.39, 0.29) is 13.0 Å². The van der Waals surface area contributed by atoms with Crippen molar-refractivity contribution in [3.05, 3.63) is 60.7 Å². The molecule has 2 aromatic carbocycles. The fourth-order valence-corrected chi connectivity index (χ4v) is 2.96. The number of fused-ring (bicyclic) bond motifs is 1. The lowest BCUT2D eigenvalue weighted by Crippen LogP contribution is -2.51. The van der Waals surface area contributed by atoms with Gasteiger partial charge in [0.15, 0.2) is 0 Å². The molecule has 2 aromatic rings. The molecule has 1 amide bonds. The second-order valence-corrected chi connectivity index (χ2v) is 7.87. The van der Waals surface area contributed by atoms with Gasteiger partial charge >= 0.3 is 18.0 Å². The molecule has 0 aromatic heterocycles. The monoisotopic (exact) mass is 413 g/mol. The van der Waals surface area contributed by atoms with Gasteiger partial charge in [0, 0.05) is 0 Å². The molecule has 0 bridgehead atoms. The highest BCUT2D eigenvalue weighted by Gasteiger charge is 2.38. The maximum atomic E-state index is 12.7. The molecule has 0 aliphatic carbocycles. The SMILES string of the molecule is C=CCOC(=O)N[C@H](C(=O)OC(C)(C)C)[C@@H](Cc1ccc2ccccc2c1)C(=O)O. The molecule has 0 saturated carbocycles. The van der Waals surface area contributed by atoms with Crippen LogP contribution in [0.1, 0.15) is 26.3 Å². The van der Waals surface area contributed by atoms with E-state index < -0.39 is 35.6 Å². The first-order valence-electron chi connectivity index (χ1n) is 9.58. The summed E-state index contributed by atoms with van der Waals surface area (Å²) in [5, 5.41) is 14.2. The molecule has 0 aliphatic rings. The largest absolute Gasteiger partial charge is 0.481 e. The maximum Gasteiger partial charge on any atom is 0.408 e. The molecule has 0 fully saturated rings. The standard InChI is InChI=1S/C23H27NO6/c1-5-12-29-22(28)24-19(21(27)30-23(2,3)4)18(20(25)26)14-15-10-11-16-8-6-7-9-17(16)13-15/h5-11,13,18-19H,1,12,14H2,2-4H3,(H,24,28)(H,25,26)/t18-,19+/m1/s1. The topological polar surface area (TPSA) is 102 Å². The lowest BCUT2D eigenvalue weighted by Gasteiger charge is -2.27. The quantitative estimate of drug-likeness (QED) is 0.505. The second-order valence-electron chi connectivity index (χ2n) is 7.87. The van der Waals surface area contributed by atoms with Crippen molar-refractivity contribution in [3.63, 3.8) is 0 Å². The molecule has 2 rings (SSSR count). The van der Waals surface area contributed by atoms with Crippen molar-refractivity contribution in [3.8, 4) is 0 Å². The van der Waals surface area contributed by atoms with Gasteiger partial charge in [0.25, 0.3) is 0 Å². The summed E-state index contributed by atoms with van der Waals surface area (Å²) in [6.45, 7) is 8.37. The van der Waals surface area contributed by atoms with Crippen LogP contribution in [0.2, 0.25) is 0 Å². The van der Waals surface area contributed by atoms with Crippen LogP contribution >= 0.6 is 0 Å². The molecule has 0 unspecified atom stereocenters. The predicted octanol–water partition coefficient (Wildman–Crippen LogP) is 3.71. The Labute approximate surface area is 175 Å². The number of nitrogens with one attached hydrogen (secondary N) is 1. The van der Waals surface area contributed by atoms with E-state index in [0.29, 0.717) is 0 Å². The number of ether oxygens (including phenoxy) is 2. The highest BCUT2D eigenvalue weighted by molar-refractivity contribution is 5.88. The minimum atomic E-state index is -1.43. The van der Waals surface area contributed by atoms with Crippen LogP contribution in [0.15, 0.2) is 55.1 Å². The van der Waals surface area contributed by atoms with Crippen molar-refractivity contribution in [1.82, 2.24) is 5.32 Å². The van der Waals surface area contributed by atoms with Gasteiger partial charge in [-0.3, -0.25) is 4.79 Å². The van der Waals surface area contributed by atoms with Crippen LogP contribution in [-0.2, 0) is 25.5 Å². The van der Waals surface area contributed by atoms with Gasteiger partial charge in [0.2, 0.25) is 0 Å². The Bertz CT molecular complexity index is 931. The second kappa shape index (κ2) is 9.91. The van der Waals surface area contributed by atoms with Crippen LogP contribution in [0.5, 0.6) is 0 Å². The van der Waals surface area contributed by atoms with E-state index in [9.17, 15) is 19.5 Å². The smallest absolute Gasteiger partial charge is 0.408 e. The summed E-state index contributed by atoms with van der Waals surface area (Å²) in [4.78, 5) is 36.9. The predicted molar refractivity (Wildman–Crippen MR) is 113 cm³/mol. The summed E-state index contributed by atoms with van der Waals surface area (Å²) < 4.78 is 10.2. The van der Waals surface area contributed by atoms with E-state index in [0.717, 1.165) is 16.3 Å². The Morgan fingerprint density at radius 1 is 1.13 bits per heavy atom. The molecular weight excluding hydrogens is 386 g/mol. The molecule has 2 N–H and O–H groups in total. The Hall–Kier alpha value is -3.35. The van der Waals surface area contributed by atoms with Crippen molar-refractivity contribution in [2.24, 2.45) is 5.92 Å². The molecule has 0 aliphatic heterocycles. The van der Waals surface area contributed by atoms with E-state index in [2.05, 4.69) is 11.9 Å². The maximum absolute atomic E-state index is 12.7. The highest BCUT2D eigenvalue weighted by Crippen LogP contribution is 2.21. The average Bonchev–Trinajstić information content (AvgIpc) is 2.67. The number of aliphatic carboxylic acids is 1. The molecule has 160 valence electrons. The van der Waals surface area contributed by atoms with Crippen LogP contribution in [0.4, 0.5) is 4.79 Å². The van der Waals surface area contributed by atoms with Gasteiger partial charge in [-0.2, -0.15) is 0 Å². The fraction of sp³-hybridized carbons (Fsp3) is 0.348. The third-order valence-electron chi connectivity index (χ3n) is 4.26. The first-order valence-corrected chi connectivity index (χ1v) is 9.58. The number of carboxylic acids is 1. The number of carbonyl (C=O) groups excluding carboxylic acids is 2. The summed E-state index contributed by atoms with van der Waals surface area (Å²) in [7, 11) is 0. The minimum Gasteiger partial charge on any atom is -0.481 e. The van der Waals surface area contributed by atoms with Gasteiger partial charge in [-0.05, 0) is 43.5 Å². The zero-order chi connectivity index (χ0) is 22.3. The van der Waals surface area contributed by atoms with Gasteiger partial charge in [0.1, 0.15) is 18.2 Å². The van der Waals surface area contributed by atoms with E-state index >= 15 is 0 Å². The van der Waals surface area contributed by atoms with Gasteiger partial charge in [0.05, 0.1) is 5.92 Å². The molecule has 0 radical (unpaired) electrons. The van der Waals surface area contributed by atoms with Crippen molar-refractivity contribution in [2.45, 2.75) is 38.8 Å². The van der Waals surface area contributed by atoms with Crippen LogP contribution < -0.4 is 5.32 Å². The average molecular weight is 413 g/mol. The lowest BCUT2D eigenvalue weighted by molar-refractivity contribution is -0.163. The van der Waals surface area contributed by atoms with Crippen molar-refractivity contribution in [2.75, 3.05) is 6.61 Å². The molecule has 0 heterocycles. The summed E-state index contributed by atoms with van der Waals surface area (Å²) in [5.41, 5.74) is -0.135. The van der Waals surface area contributed by atoms with Gasteiger partial charge in [-0.15, -0.1) is 0 Å². The summed E-state index contributed by atoms with van der Waals surface area (Å²) in [6.07, 6.45) is 0.466. The fourth-order valence-electron chi connectivity index (χ4n) is 2.96. The zero-order valence-corrected chi connectivity index (χ0v) is 17.4. The summed E-state index contributed by atoms with van der Waals surface area (Å²) in [5.74, 6) is -3.33. The number of carboxylic acid groups (broad SMARTS) is 1. The van der Waals surface area contributed by atoms with Crippen LogP contribution in [0.25, 0.3) is 10.8 Å². The number of amides is 1. The Balaban J connectivity index is 2.32. The van der Waals surface area contributed by atoms with Crippen molar-refractivity contribution < 1.29 is 29.0 Å². The van der Waals surface area contributed by atoms with E-state index in [1.807, 2.05) is 36.4 Å². The van der Waals surface area contributed by atoms with Crippen LogP contribution in [-0.4, -0.2) is 41.4 Å². The zero-order valence-electron chi connectivity index (χ0n) is 17.4. The van der Waals surface area contributed by atoms with E-state index in [4.69, 9.17) is 9.47 Å². The highest BCUT2D eigenvalue weighted by atomic mass is 16.6. The molecule has 7 nitrogen and oxygen atoms in total. The number of benzene rings is 2. The molecule has 0 spiro atoms. The Morgan fingerprint density at radius 2 is 1.80 bits per heavy atom. The number of esters is 1. The molecular formula is C23H27NO6. The number of rotatable bonds is 8. The number of hydrogen-bond acceptors (Lipinski definition) is 5. The lowest BCUT2D eigenvalue weighted by atomic mass is 9.91.